The van der Waals surface area contributed by atoms with Crippen LogP contribution in [-0.2, 0) is 0 Å². The average Bonchev–Trinajstić information content (AvgIpc) is 3.31. The zero-order valence-corrected chi connectivity index (χ0v) is 24.1. The number of benzene rings is 1. The lowest BCUT2D eigenvalue weighted by Crippen LogP contribution is -2.63. The van der Waals surface area contributed by atoms with Gasteiger partial charge in [-0.05, 0) is 63.6 Å². The molecule has 1 spiro atoms. The monoisotopic (exact) mass is 542 g/mol. The van der Waals surface area contributed by atoms with Gasteiger partial charge in [0.1, 0.15) is 17.9 Å². The second-order valence-electron chi connectivity index (χ2n) is 11.8. The number of rotatable bonds is 11. The fourth-order valence-electron chi connectivity index (χ4n) is 6.52. The second-order valence-corrected chi connectivity index (χ2v) is 11.8. The Hall–Kier alpha value is -2.85. The van der Waals surface area contributed by atoms with Gasteiger partial charge in [-0.2, -0.15) is 0 Å². The zero-order valence-electron chi connectivity index (χ0n) is 24.1. The van der Waals surface area contributed by atoms with Gasteiger partial charge in [0.25, 0.3) is 11.8 Å². The Kier molecular flexibility index (Phi) is 9.06. The molecule has 2 fully saturated rings. The molecule has 2 aliphatic rings. The minimum absolute atomic E-state index is 0.0443. The molecule has 3 heterocycles. The number of halogens is 1. The van der Waals surface area contributed by atoms with Crippen molar-refractivity contribution in [1.82, 2.24) is 25.0 Å². The van der Waals surface area contributed by atoms with Crippen LogP contribution >= 0.6 is 0 Å². The summed E-state index contributed by atoms with van der Waals surface area (Å²) in [5.41, 5.74) is 0.316. The van der Waals surface area contributed by atoms with Gasteiger partial charge >= 0.3 is 0 Å². The standard InChI is InChI=1S/C29H43FN6O3/c1-7-36(20(4)5)28(38)23-14-22(30)8-9-24(23)39-27-26(31-18-32-33-27)34-12-11-29(15-34)16-35(17-29)25(19(2)3)21(6)10-13-37/h8-9,14,18-21,25,37H,7,10-13,15-17H2,1-6H3. The van der Waals surface area contributed by atoms with Gasteiger partial charge in [0, 0.05) is 56.8 Å². The quantitative estimate of drug-likeness (QED) is 0.451. The number of amides is 1. The zero-order chi connectivity index (χ0) is 28.3. The lowest BCUT2D eigenvalue weighted by atomic mass is 9.75. The van der Waals surface area contributed by atoms with Crippen molar-refractivity contribution in [3.05, 3.63) is 35.9 Å². The van der Waals surface area contributed by atoms with Crippen LogP contribution in [0.4, 0.5) is 10.2 Å². The number of likely N-dealkylation sites (tertiary alicyclic amines) is 1. The van der Waals surface area contributed by atoms with Gasteiger partial charge in [-0.15, -0.1) is 10.2 Å². The molecule has 0 radical (unpaired) electrons. The molecule has 1 amide bonds. The molecule has 4 rings (SSSR count). The first-order valence-corrected chi connectivity index (χ1v) is 14.1. The highest BCUT2D eigenvalue weighted by molar-refractivity contribution is 5.97. The maximum Gasteiger partial charge on any atom is 0.282 e. The number of hydrogen-bond acceptors (Lipinski definition) is 8. The number of aliphatic hydroxyl groups is 1. The van der Waals surface area contributed by atoms with Gasteiger partial charge in [-0.1, -0.05) is 20.8 Å². The summed E-state index contributed by atoms with van der Waals surface area (Å²) >= 11 is 0. The molecule has 2 unspecified atom stereocenters. The van der Waals surface area contributed by atoms with E-state index in [0.29, 0.717) is 30.2 Å². The molecule has 0 saturated carbocycles. The summed E-state index contributed by atoms with van der Waals surface area (Å²) in [6, 6.07) is 4.35. The molecular formula is C29H43FN6O3. The van der Waals surface area contributed by atoms with E-state index in [-0.39, 0.29) is 41.2 Å². The summed E-state index contributed by atoms with van der Waals surface area (Å²) in [4.78, 5) is 24.2. The van der Waals surface area contributed by atoms with Crippen molar-refractivity contribution in [1.29, 1.82) is 0 Å². The fraction of sp³-hybridized carbons (Fsp3) is 0.655. The lowest BCUT2D eigenvalue weighted by Gasteiger charge is -2.54. The van der Waals surface area contributed by atoms with Crippen LogP contribution in [0, 0.1) is 23.1 Å². The third-order valence-electron chi connectivity index (χ3n) is 8.26. The van der Waals surface area contributed by atoms with Crippen molar-refractivity contribution in [2.45, 2.75) is 66.5 Å². The molecule has 1 N–H and O–H groups in total. The van der Waals surface area contributed by atoms with Gasteiger partial charge < -0.3 is 19.6 Å². The van der Waals surface area contributed by atoms with Crippen molar-refractivity contribution >= 4 is 11.7 Å². The molecule has 1 aromatic heterocycles. The van der Waals surface area contributed by atoms with Crippen LogP contribution in [0.15, 0.2) is 24.5 Å². The number of anilines is 1. The molecule has 0 aliphatic carbocycles. The van der Waals surface area contributed by atoms with Crippen LogP contribution in [0.2, 0.25) is 0 Å². The highest BCUT2D eigenvalue weighted by Gasteiger charge is 2.51. The molecule has 39 heavy (non-hydrogen) atoms. The molecule has 9 nitrogen and oxygen atoms in total. The first kappa shape index (κ1) is 29.1. The number of hydrogen-bond donors (Lipinski definition) is 1. The fourth-order valence-corrected chi connectivity index (χ4v) is 6.52. The minimum atomic E-state index is -0.507. The Balaban J connectivity index is 1.51. The number of aromatic nitrogens is 3. The smallest absolute Gasteiger partial charge is 0.282 e. The summed E-state index contributed by atoms with van der Waals surface area (Å²) < 4.78 is 20.4. The Bertz CT molecular complexity index is 1140. The topological polar surface area (TPSA) is 94.9 Å². The number of carbonyl (C=O) groups is 1. The molecule has 2 saturated heterocycles. The van der Waals surface area contributed by atoms with Crippen LogP contribution in [0.1, 0.15) is 64.7 Å². The highest BCUT2D eigenvalue weighted by Crippen LogP contribution is 2.45. The normalized spacial score (nSPS) is 18.5. The summed E-state index contributed by atoms with van der Waals surface area (Å²) in [6.07, 6.45) is 3.25. The van der Waals surface area contributed by atoms with E-state index in [1.54, 1.807) is 4.90 Å². The number of nitrogens with zero attached hydrogens (tertiary/aromatic N) is 6. The predicted molar refractivity (Wildman–Crippen MR) is 148 cm³/mol. The van der Waals surface area contributed by atoms with E-state index < -0.39 is 5.82 Å². The third-order valence-corrected chi connectivity index (χ3v) is 8.26. The van der Waals surface area contributed by atoms with E-state index in [9.17, 15) is 14.3 Å². The van der Waals surface area contributed by atoms with Gasteiger partial charge in [-0.25, -0.2) is 9.37 Å². The van der Waals surface area contributed by atoms with Crippen LogP contribution < -0.4 is 9.64 Å². The number of aliphatic hydroxyl groups excluding tert-OH is 1. The summed E-state index contributed by atoms with van der Waals surface area (Å²) in [6.45, 7) is 16.9. The first-order valence-electron chi connectivity index (χ1n) is 14.1. The molecule has 2 aliphatic heterocycles. The van der Waals surface area contributed by atoms with Crippen LogP contribution in [0.5, 0.6) is 11.6 Å². The largest absolute Gasteiger partial charge is 0.434 e. The third kappa shape index (κ3) is 6.17. The van der Waals surface area contributed by atoms with E-state index in [1.165, 1.54) is 24.5 Å². The average molecular weight is 543 g/mol. The van der Waals surface area contributed by atoms with E-state index in [4.69, 9.17) is 4.74 Å². The minimum Gasteiger partial charge on any atom is -0.434 e. The van der Waals surface area contributed by atoms with Gasteiger partial charge in [0.05, 0.1) is 5.56 Å². The van der Waals surface area contributed by atoms with Crippen molar-refractivity contribution < 1.29 is 19.0 Å². The van der Waals surface area contributed by atoms with Crippen molar-refractivity contribution in [3.8, 4) is 11.6 Å². The number of ether oxygens (including phenoxy) is 1. The molecule has 2 atom stereocenters. The first-order chi connectivity index (χ1) is 18.6. The Morgan fingerprint density at radius 3 is 2.59 bits per heavy atom. The Morgan fingerprint density at radius 2 is 1.95 bits per heavy atom. The maximum atomic E-state index is 14.2. The van der Waals surface area contributed by atoms with Crippen molar-refractivity contribution in [2.75, 3.05) is 44.2 Å². The van der Waals surface area contributed by atoms with Crippen LogP contribution in [0.3, 0.4) is 0 Å². The van der Waals surface area contributed by atoms with E-state index in [0.717, 1.165) is 39.0 Å². The van der Waals surface area contributed by atoms with Crippen LogP contribution in [-0.4, -0.2) is 87.4 Å². The second kappa shape index (κ2) is 12.1. The summed E-state index contributed by atoms with van der Waals surface area (Å²) in [7, 11) is 0. The summed E-state index contributed by atoms with van der Waals surface area (Å²) in [5.74, 6) is 1.15. The van der Waals surface area contributed by atoms with Crippen molar-refractivity contribution in [3.63, 3.8) is 0 Å². The predicted octanol–water partition coefficient (Wildman–Crippen LogP) is 4.23. The molecule has 1 aromatic carbocycles. The van der Waals surface area contributed by atoms with E-state index in [2.05, 4.69) is 45.8 Å². The Morgan fingerprint density at radius 1 is 1.21 bits per heavy atom. The van der Waals surface area contributed by atoms with Gasteiger partial charge in [-0.3, -0.25) is 9.69 Å². The number of carbonyl (C=O) groups excluding carboxylic acids is 1. The molecule has 214 valence electrons. The molecule has 0 bridgehead atoms. The van der Waals surface area contributed by atoms with Crippen molar-refractivity contribution in [2.24, 2.45) is 17.3 Å². The highest BCUT2D eigenvalue weighted by atomic mass is 19.1. The van der Waals surface area contributed by atoms with Gasteiger partial charge in [0.15, 0.2) is 5.82 Å². The maximum absolute atomic E-state index is 14.2. The lowest BCUT2D eigenvalue weighted by molar-refractivity contribution is -0.0513. The summed E-state index contributed by atoms with van der Waals surface area (Å²) in [5, 5.41) is 17.6. The SMILES string of the molecule is CCN(C(=O)c1cc(F)ccc1Oc1nncnc1N1CCC2(C1)CN(C(C(C)C)C(C)CCO)C2)C(C)C. The van der Waals surface area contributed by atoms with E-state index in [1.807, 2.05) is 20.8 Å². The molecule has 10 heteroatoms. The molecular weight excluding hydrogens is 499 g/mol. The van der Waals surface area contributed by atoms with Gasteiger partial charge in [0.2, 0.25) is 0 Å². The Labute approximate surface area is 231 Å². The van der Waals surface area contributed by atoms with Crippen LogP contribution in [0.25, 0.3) is 0 Å². The molecule has 2 aromatic rings. The van der Waals surface area contributed by atoms with E-state index >= 15 is 0 Å².